The maximum atomic E-state index is 2.45. The molecule has 0 N–H and O–H groups in total. The highest BCUT2D eigenvalue weighted by Crippen LogP contribution is 2.41. The molecule has 0 saturated carbocycles. The lowest BCUT2D eigenvalue weighted by molar-refractivity contribution is 0.826. The zero-order chi connectivity index (χ0) is 64.7. The molecule has 6 nitrogen and oxygen atoms in total. The summed E-state index contributed by atoms with van der Waals surface area (Å²) >= 11 is 0. The average molecular weight is 1170 g/mol. The highest BCUT2D eigenvalue weighted by atomic mass is 15.0. The Labute approximate surface area is 523 Å². The Morgan fingerprint density at radius 2 is 0.494 bits per heavy atom. The van der Waals surface area contributed by atoms with Gasteiger partial charge in [0, 0.05) is 150 Å². The molecule has 0 aliphatic heterocycles. The van der Waals surface area contributed by atoms with Crippen LogP contribution in [0.4, 0.5) is 0 Å². The van der Waals surface area contributed by atoms with Crippen LogP contribution in [0.1, 0.15) is 145 Å². The summed E-state index contributed by atoms with van der Waals surface area (Å²) in [7, 11) is 6.51. The lowest BCUT2D eigenvalue weighted by Crippen LogP contribution is -1.96. The van der Waals surface area contributed by atoms with Crippen LogP contribution in [0.25, 0.3) is 131 Å². The second-order valence-electron chi connectivity index (χ2n) is 18.6. The smallest absolute Gasteiger partial charge is 0.0738 e. The second-order valence-corrected chi connectivity index (χ2v) is 18.6. The van der Waals surface area contributed by atoms with Crippen molar-refractivity contribution in [3.8, 4) is 0 Å². The summed E-state index contributed by atoms with van der Waals surface area (Å²) in [4.78, 5) is 0. The minimum absolute atomic E-state index is 0.977. The molecular weight excluding hydrogens is 1060 g/mol. The number of fused-ring (bicyclic) bond motifs is 20. The van der Waals surface area contributed by atoms with Gasteiger partial charge in [0.25, 0.3) is 0 Å². The molecule has 9 aromatic carbocycles. The molecule has 6 aromatic heterocycles. The predicted octanol–water partition coefficient (Wildman–Crippen LogP) is 25.6. The minimum atomic E-state index is 0.977. The predicted molar refractivity (Wildman–Crippen MR) is 399 cm³/mol. The Kier molecular flexibility index (Phi) is 28.5. The average Bonchev–Trinajstić information content (AvgIpc) is 1.65. The normalized spacial score (nSPS) is 10.2. The molecule has 15 aromatic rings. The van der Waals surface area contributed by atoms with Gasteiger partial charge in [-0.05, 0) is 81.4 Å². The van der Waals surface area contributed by atoms with E-state index < -0.39 is 0 Å². The fourth-order valence-corrected chi connectivity index (χ4v) is 12.3. The lowest BCUT2D eigenvalue weighted by Gasteiger charge is -2.06. The molecule has 0 fully saturated rings. The molecular formula is C81H108N6. The van der Waals surface area contributed by atoms with E-state index in [1.54, 1.807) is 0 Å². The minimum Gasteiger partial charge on any atom is -0.344 e. The summed E-state index contributed by atoms with van der Waals surface area (Å²) in [5.74, 6) is 0. The molecule has 0 spiro atoms. The second kappa shape index (κ2) is 34.8. The summed E-state index contributed by atoms with van der Waals surface area (Å²) in [6.45, 7) is 45.6. The summed E-state index contributed by atoms with van der Waals surface area (Å²) in [5, 5.41) is 16.2. The van der Waals surface area contributed by atoms with Crippen LogP contribution in [0.2, 0.25) is 0 Å². The van der Waals surface area contributed by atoms with Gasteiger partial charge in [0.2, 0.25) is 0 Å². The molecule has 0 unspecified atom stereocenters. The van der Waals surface area contributed by atoms with Gasteiger partial charge in [0.15, 0.2) is 0 Å². The Morgan fingerprint density at radius 1 is 0.207 bits per heavy atom. The Balaban J connectivity index is 0.000000247. The van der Waals surface area contributed by atoms with E-state index in [1.165, 1.54) is 131 Å². The van der Waals surface area contributed by atoms with Crippen molar-refractivity contribution in [2.75, 3.05) is 0 Å². The third kappa shape index (κ3) is 12.9. The van der Waals surface area contributed by atoms with Crippen molar-refractivity contribution >= 4 is 131 Å². The van der Waals surface area contributed by atoms with Crippen LogP contribution >= 0.6 is 0 Å². The van der Waals surface area contributed by atoms with Crippen molar-refractivity contribution < 1.29 is 0 Å². The molecule has 0 amide bonds. The van der Waals surface area contributed by atoms with E-state index in [-0.39, 0.29) is 0 Å². The van der Waals surface area contributed by atoms with Gasteiger partial charge < -0.3 is 27.4 Å². The van der Waals surface area contributed by atoms with Crippen molar-refractivity contribution in [2.45, 2.75) is 165 Å². The number of benzene rings is 9. The number of aryl methyl sites for hydroxylation is 6. The number of para-hydroxylation sites is 6. The first kappa shape index (κ1) is 71.3. The van der Waals surface area contributed by atoms with Gasteiger partial charge in [-0.15, -0.1) is 0 Å². The highest BCUT2D eigenvalue weighted by Gasteiger charge is 2.19. The fraction of sp³-hybridized carbons (Fsp3) is 0.333. The zero-order valence-corrected chi connectivity index (χ0v) is 58.1. The summed E-state index contributed by atoms with van der Waals surface area (Å²) in [5.41, 5.74) is 15.8. The van der Waals surface area contributed by atoms with Gasteiger partial charge in [-0.25, -0.2) is 0 Å². The fourth-order valence-electron chi connectivity index (χ4n) is 12.3. The standard InChI is InChI=1S/3C21H18N2.9C2H6/c1-3-23-19-11-7-5-9-15(19)17-12-16-14-8-4-6-10-18(14)22(2)20(16)13-21(17)23;1-3-23-19-11-7-5-9-15(19)17-13-12-16-14-8-4-6-10-18(14)22(2)20(16)21(17)23;1-3-23-17-11-7-5-9-15(17)21-19(23)13-12-18-20(21)14-8-4-6-10-16(14)22(18)2;9*1-2/h3*4-13H,3H2,1-2H3;9*1-2H3. The summed E-state index contributed by atoms with van der Waals surface area (Å²) in [6.07, 6.45) is 0. The van der Waals surface area contributed by atoms with E-state index in [9.17, 15) is 0 Å². The van der Waals surface area contributed by atoms with E-state index >= 15 is 0 Å². The van der Waals surface area contributed by atoms with Crippen molar-refractivity contribution in [1.82, 2.24) is 27.4 Å². The molecule has 6 heteroatoms. The molecule has 462 valence electrons. The van der Waals surface area contributed by atoms with Crippen LogP contribution in [-0.4, -0.2) is 27.4 Å². The van der Waals surface area contributed by atoms with Crippen LogP contribution in [0.15, 0.2) is 182 Å². The van der Waals surface area contributed by atoms with Crippen LogP contribution in [0.3, 0.4) is 0 Å². The first-order valence-corrected chi connectivity index (χ1v) is 33.5. The molecule has 0 saturated heterocycles. The van der Waals surface area contributed by atoms with Gasteiger partial charge in [-0.3, -0.25) is 0 Å². The third-order valence-corrected chi connectivity index (χ3v) is 15.4. The number of nitrogens with zero attached hydrogens (tertiary/aromatic N) is 6. The molecule has 0 atom stereocenters. The molecule has 6 heterocycles. The van der Waals surface area contributed by atoms with Gasteiger partial charge in [0.1, 0.15) is 0 Å². The molecule has 0 bridgehead atoms. The molecule has 0 radical (unpaired) electrons. The Bertz CT molecular complexity index is 4540. The van der Waals surface area contributed by atoms with E-state index in [2.05, 4.69) is 251 Å². The molecule has 0 aliphatic rings. The zero-order valence-electron chi connectivity index (χ0n) is 58.1. The largest absolute Gasteiger partial charge is 0.344 e. The van der Waals surface area contributed by atoms with Crippen LogP contribution < -0.4 is 0 Å². The van der Waals surface area contributed by atoms with Crippen LogP contribution in [0.5, 0.6) is 0 Å². The van der Waals surface area contributed by atoms with Crippen molar-refractivity contribution in [2.24, 2.45) is 21.1 Å². The first-order chi connectivity index (χ1) is 42.9. The van der Waals surface area contributed by atoms with Crippen molar-refractivity contribution in [3.05, 3.63) is 182 Å². The number of aromatic nitrogens is 6. The quantitative estimate of drug-likeness (QED) is 0.169. The maximum Gasteiger partial charge on any atom is 0.0738 e. The number of hydrogen-bond donors (Lipinski definition) is 0. The topological polar surface area (TPSA) is 29.6 Å². The highest BCUT2D eigenvalue weighted by molar-refractivity contribution is 6.28. The summed E-state index contributed by atoms with van der Waals surface area (Å²) in [6, 6.07) is 66.1. The van der Waals surface area contributed by atoms with Gasteiger partial charge in [-0.2, -0.15) is 0 Å². The van der Waals surface area contributed by atoms with E-state index in [0.717, 1.165) is 19.6 Å². The van der Waals surface area contributed by atoms with E-state index in [4.69, 9.17) is 0 Å². The molecule has 15 rings (SSSR count). The van der Waals surface area contributed by atoms with Crippen LogP contribution in [-0.2, 0) is 40.8 Å². The van der Waals surface area contributed by atoms with Gasteiger partial charge >= 0.3 is 0 Å². The molecule has 87 heavy (non-hydrogen) atoms. The lowest BCUT2D eigenvalue weighted by atomic mass is 10.1. The van der Waals surface area contributed by atoms with Gasteiger partial charge in [-0.1, -0.05) is 246 Å². The maximum absolute atomic E-state index is 2.45. The third-order valence-electron chi connectivity index (χ3n) is 15.4. The van der Waals surface area contributed by atoms with E-state index in [1.807, 2.05) is 125 Å². The first-order valence-electron chi connectivity index (χ1n) is 33.5. The SMILES string of the molecule is CC.CC.CC.CC.CC.CC.CC.CC.CC.CCn1c2ccccc2c2c3c4ccccc4n(C)c3ccc21.CCn1c2ccccc2c2cc3c4ccccc4n(C)c3cc21.CCn1c2ccccc2c2ccc3c4ccccc4n(C)c3c21. The molecule has 0 aliphatic carbocycles. The van der Waals surface area contributed by atoms with Crippen LogP contribution in [0, 0.1) is 0 Å². The Morgan fingerprint density at radius 3 is 0.966 bits per heavy atom. The van der Waals surface area contributed by atoms with Gasteiger partial charge in [0.05, 0.1) is 22.1 Å². The monoisotopic (exact) mass is 1160 g/mol. The van der Waals surface area contributed by atoms with E-state index in [0.29, 0.717) is 0 Å². The van der Waals surface area contributed by atoms with Crippen molar-refractivity contribution in [1.29, 1.82) is 0 Å². The van der Waals surface area contributed by atoms with Crippen molar-refractivity contribution in [3.63, 3.8) is 0 Å². The number of rotatable bonds is 3. The Hall–Kier alpha value is -8.22. The number of hydrogen-bond acceptors (Lipinski definition) is 0. The summed E-state index contributed by atoms with van der Waals surface area (Å²) < 4.78 is 14.3.